The van der Waals surface area contributed by atoms with Gasteiger partial charge in [0.25, 0.3) is 0 Å². The summed E-state index contributed by atoms with van der Waals surface area (Å²) in [5.41, 5.74) is 0.755. The van der Waals surface area contributed by atoms with Gasteiger partial charge < -0.3 is 15.5 Å². The zero-order chi connectivity index (χ0) is 17.9. The zero-order valence-electron chi connectivity index (χ0n) is 15.3. The molecule has 1 aliphatic carbocycles. The fraction of sp³-hybridized carbons (Fsp3) is 0.650. The van der Waals surface area contributed by atoms with Crippen molar-refractivity contribution in [3.63, 3.8) is 0 Å². The van der Waals surface area contributed by atoms with Gasteiger partial charge in [-0.3, -0.25) is 4.90 Å². The topological polar surface area (TPSA) is 47.6 Å². The Bertz CT molecular complexity index is 628. The van der Waals surface area contributed by atoms with Gasteiger partial charge in [0.05, 0.1) is 0 Å². The number of piperazine rings is 1. The number of carbonyl (C=O) groups is 1. The molecule has 26 heavy (non-hydrogen) atoms. The Hall–Kier alpha value is -1.30. The Morgan fingerprint density at radius 3 is 2.73 bits per heavy atom. The van der Waals surface area contributed by atoms with Crippen LogP contribution in [0.15, 0.2) is 24.3 Å². The van der Waals surface area contributed by atoms with Crippen LogP contribution in [-0.2, 0) is 0 Å². The van der Waals surface area contributed by atoms with Gasteiger partial charge >= 0.3 is 6.03 Å². The Morgan fingerprint density at radius 2 is 2.00 bits per heavy atom. The van der Waals surface area contributed by atoms with E-state index in [0.29, 0.717) is 5.02 Å². The lowest BCUT2D eigenvalue weighted by molar-refractivity contribution is 0.112. The molecule has 1 saturated carbocycles. The highest BCUT2D eigenvalue weighted by atomic mass is 35.5. The molecule has 142 valence electrons. The van der Waals surface area contributed by atoms with Gasteiger partial charge in [-0.1, -0.05) is 17.7 Å². The molecule has 2 saturated heterocycles. The van der Waals surface area contributed by atoms with Gasteiger partial charge in [0.1, 0.15) is 0 Å². The van der Waals surface area contributed by atoms with Gasteiger partial charge in [-0.05, 0) is 62.3 Å². The smallest absolute Gasteiger partial charge is 0.321 e. The number of carbonyl (C=O) groups excluding carboxylic acids is 1. The quantitative estimate of drug-likeness (QED) is 0.847. The molecule has 6 heteroatoms. The molecule has 1 unspecified atom stereocenters. The first-order valence-corrected chi connectivity index (χ1v) is 10.3. The summed E-state index contributed by atoms with van der Waals surface area (Å²) in [4.78, 5) is 16.9. The molecular formula is C20H29ClN4O. The summed E-state index contributed by atoms with van der Waals surface area (Å²) in [5.74, 6) is 1.70. The van der Waals surface area contributed by atoms with Crippen molar-refractivity contribution in [3.05, 3.63) is 29.3 Å². The van der Waals surface area contributed by atoms with Crippen molar-refractivity contribution in [3.8, 4) is 0 Å². The number of amides is 2. The molecule has 0 spiro atoms. The van der Waals surface area contributed by atoms with Crippen molar-refractivity contribution in [1.29, 1.82) is 0 Å². The molecule has 2 N–H and O–H groups in total. The third kappa shape index (κ3) is 4.51. The number of urea groups is 1. The molecule has 5 nitrogen and oxygen atoms in total. The summed E-state index contributed by atoms with van der Waals surface area (Å²) in [5, 5.41) is 7.36. The van der Waals surface area contributed by atoms with E-state index < -0.39 is 0 Å². The maximum Gasteiger partial charge on any atom is 0.321 e. The van der Waals surface area contributed by atoms with E-state index in [1.165, 1.54) is 38.8 Å². The number of nitrogens with one attached hydrogen (secondary N) is 2. The minimum Gasteiger partial charge on any atom is -0.322 e. The van der Waals surface area contributed by atoms with Gasteiger partial charge in [-0.2, -0.15) is 0 Å². The van der Waals surface area contributed by atoms with Crippen LogP contribution in [-0.4, -0.2) is 61.1 Å². The number of hydrogen-bond donors (Lipinski definition) is 2. The van der Waals surface area contributed by atoms with E-state index in [1.807, 2.05) is 23.1 Å². The first-order valence-electron chi connectivity index (χ1n) is 9.96. The molecule has 3 fully saturated rings. The molecule has 1 aromatic carbocycles. The average Bonchev–Trinajstić information content (AvgIpc) is 3.48. The molecule has 2 aliphatic heterocycles. The van der Waals surface area contributed by atoms with Crippen molar-refractivity contribution in [1.82, 2.24) is 15.1 Å². The minimum atomic E-state index is -0.0258. The van der Waals surface area contributed by atoms with Crippen LogP contribution >= 0.6 is 11.6 Å². The lowest BCUT2D eigenvalue weighted by Gasteiger charge is -2.40. The Morgan fingerprint density at radius 1 is 1.19 bits per heavy atom. The number of hydrogen-bond acceptors (Lipinski definition) is 3. The van der Waals surface area contributed by atoms with Crippen LogP contribution < -0.4 is 10.6 Å². The van der Waals surface area contributed by atoms with E-state index in [1.54, 1.807) is 6.07 Å². The van der Waals surface area contributed by atoms with E-state index in [2.05, 4.69) is 15.5 Å². The summed E-state index contributed by atoms with van der Waals surface area (Å²) >= 11 is 5.99. The van der Waals surface area contributed by atoms with Gasteiger partial charge in [-0.25, -0.2) is 4.79 Å². The van der Waals surface area contributed by atoms with Crippen molar-refractivity contribution < 1.29 is 4.79 Å². The Labute approximate surface area is 161 Å². The average molecular weight is 377 g/mol. The molecule has 0 radical (unpaired) electrons. The van der Waals surface area contributed by atoms with E-state index in [-0.39, 0.29) is 6.03 Å². The van der Waals surface area contributed by atoms with Crippen LogP contribution in [0.2, 0.25) is 5.02 Å². The molecule has 4 rings (SSSR count). The highest BCUT2D eigenvalue weighted by molar-refractivity contribution is 6.30. The van der Waals surface area contributed by atoms with Gasteiger partial charge in [0.2, 0.25) is 0 Å². The number of halogens is 1. The summed E-state index contributed by atoms with van der Waals surface area (Å²) in [6.45, 7) is 5.89. The lowest BCUT2D eigenvalue weighted by atomic mass is 9.87. The normalized spacial score (nSPS) is 27.3. The van der Waals surface area contributed by atoms with Gasteiger partial charge in [0, 0.05) is 49.5 Å². The number of rotatable bonds is 4. The monoisotopic (exact) mass is 376 g/mol. The van der Waals surface area contributed by atoms with Crippen LogP contribution in [0.25, 0.3) is 0 Å². The number of piperidine rings is 1. The first kappa shape index (κ1) is 18.1. The van der Waals surface area contributed by atoms with Crippen molar-refractivity contribution >= 4 is 23.3 Å². The third-order valence-corrected chi connectivity index (χ3v) is 6.23. The fourth-order valence-corrected chi connectivity index (χ4v) is 4.62. The van der Waals surface area contributed by atoms with Crippen LogP contribution in [0.5, 0.6) is 0 Å². The summed E-state index contributed by atoms with van der Waals surface area (Å²) < 4.78 is 0. The molecule has 2 amide bonds. The molecule has 0 bridgehead atoms. The standard InChI is InChI=1S/C20H29ClN4O/c21-17-4-1-5-18(13-17)23-20(26)25-11-9-24(10-12-25)14-16-3-2-8-22-19(16)15-6-7-15/h1,4-5,13,15-16,19,22H,2-3,6-12,14H2,(H,23,26)/t16-,19?/m1/s1. The second kappa shape index (κ2) is 8.15. The first-order chi connectivity index (χ1) is 12.7. The van der Waals surface area contributed by atoms with E-state index in [4.69, 9.17) is 11.6 Å². The SMILES string of the molecule is O=C(Nc1cccc(Cl)c1)N1CCN(C[C@H]2CCCNC2C2CC2)CC1. The predicted octanol–water partition coefficient (Wildman–Crippen LogP) is 3.27. The largest absolute Gasteiger partial charge is 0.322 e. The number of benzene rings is 1. The van der Waals surface area contributed by atoms with E-state index >= 15 is 0 Å². The number of nitrogens with zero attached hydrogens (tertiary/aromatic N) is 2. The van der Waals surface area contributed by atoms with E-state index in [9.17, 15) is 4.79 Å². The van der Waals surface area contributed by atoms with Crippen LogP contribution in [0, 0.1) is 11.8 Å². The Kier molecular flexibility index (Phi) is 5.67. The molecule has 2 heterocycles. The molecule has 3 aliphatic rings. The molecule has 1 aromatic rings. The molecule has 0 aromatic heterocycles. The van der Waals surface area contributed by atoms with Crippen LogP contribution in [0.4, 0.5) is 10.5 Å². The van der Waals surface area contributed by atoms with E-state index in [0.717, 1.165) is 49.7 Å². The van der Waals surface area contributed by atoms with Crippen molar-refractivity contribution in [2.24, 2.45) is 11.8 Å². The maximum atomic E-state index is 12.5. The highest BCUT2D eigenvalue weighted by Gasteiger charge is 2.38. The third-order valence-electron chi connectivity index (χ3n) is 6.00. The fourth-order valence-electron chi connectivity index (χ4n) is 4.42. The van der Waals surface area contributed by atoms with Crippen LogP contribution in [0.1, 0.15) is 25.7 Å². The number of anilines is 1. The predicted molar refractivity (Wildman–Crippen MR) is 106 cm³/mol. The summed E-state index contributed by atoms with van der Waals surface area (Å²) in [6.07, 6.45) is 5.47. The second-order valence-corrected chi connectivity index (χ2v) is 8.38. The molecular weight excluding hydrogens is 348 g/mol. The van der Waals surface area contributed by atoms with Crippen molar-refractivity contribution in [2.45, 2.75) is 31.7 Å². The summed E-state index contributed by atoms with van der Waals surface area (Å²) in [6, 6.07) is 8.02. The minimum absolute atomic E-state index is 0.0258. The Balaban J connectivity index is 1.25. The maximum absolute atomic E-state index is 12.5. The van der Waals surface area contributed by atoms with Crippen molar-refractivity contribution in [2.75, 3.05) is 44.6 Å². The van der Waals surface area contributed by atoms with Crippen LogP contribution in [0.3, 0.4) is 0 Å². The molecule has 2 atom stereocenters. The lowest BCUT2D eigenvalue weighted by Crippen LogP contribution is -2.53. The summed E-state index contributed by atoms with van der Waals surface area (Å²) in [7, 11) is 0. The second-order valence-electron chi connectivity index (χ2n) is 7.95. The van der Waals surface area contributed by atoms with Gasteiger partial charge in [-0.15, -0.1) is 0 Å². The highest BCUT2D eigenvalue weighted by Crippen LogP contribution is 2.38. The zero-order valence-corrected chi connectivity index (χ0v) is 16.0. The van der Waals surface area contributed by atoms with Gasteiger partial charge in [0.15, 0.2) is 0 Å².